The first-order valence-corrected chi connectivity index (χ1v) is 10.6. The molecule has 1 aromatic carbocycles. The molecule has 0 bridgehead atoms. The van der Waals surface area contributed by atoms with E-state index in [0.29, 0.717) is 26.0 Å². The number of carboxylic acids is 1. The molecule has 0 aliphatic carbocycles. The monoisotopic (exact) mass is 398 g/mol. The van der Waals surface area contributed by atoms with Crippen LogP contribution in [0.4, 0.5) is 0 Å². The van der Waals surface area contributed by atoms with Crippen LogP contribution in [0.15, 0.2) is 24.3 Å². The Balaban J connectivity index is 1.93. The smallest absolute Gasteiger partial charge is 0.318 e. The molecule has 1 aromatic rings. The number of nitrogens with zero attached hydrogens (tertiary/aromatic N) is 2. The molecule has 1 aliphatic heterocycles. The molecule has 1 aliphatic rings. The van der Waals surface area contributed by atoms with Crippen molar-refractivity contribution in [3.05, 3.63) is 35.4 Å². The summed E-state index contributed by atoms with van der Waals surface area (Å²) in [5, 5.41) is 8.91. The Labute approximate surface area is 159 Å². The Morgan fingerprint density at radius 1 is 1.33 bits per heavy atom. The third kappa shape index (κ3) is 6.60. The van der Waals surface area contributed by atoms with Crippen LogP contribution in [0.25, 0.3) is 0 Å². The number of aliphatic carboxylic acids is 1. The number of hydrogen-bond donors (Lipinski definition) is 1. The Bertz CT molecular complexity index is 780. The fraction of sp³-hybridized carbons (Fsp3) is 0.556. The van der Waals surface area contributed by atoms with Crippen LogP contribution in [0, 0.1) is 6.92 Å². The van der Waals surface area contributed by atoms with Crippen molar-refractivity contribution in [1.29, 1.82) is 0 Å². The highest BCUT2D eigenvalue weighted by molar-refractivity contribution is 7.88. The van der Waals surface area contributed by atoms with Gasteiger partial charge < -0.3 is 14.7 Å². The third-order valence-corrected chi connectivity index (χ3v) is 5.77. The van der Waals surface area contributed by atoms with Gasteiger partial charge in [-0.3, -0.25) is 9.59 Å². The van der Waals surface area contributed by atoms with Gasteiger partial charge in [0.2, 0.25) is 15.9 Å². The molecular formula is C18H26N2O6S. The van der Waals surface area contributed by atoms with Crippen LogP contribution < -0.4 is 0 Å². The molecule has 27 heavy (non-hydrogen) atoms. The van der Waals surface area contributed by atoms with Crippen LogP contribution in [0.3, 0.4) is 0 Å². The highest BCUT2D eigenvalue weighted by Crippen LogP contribution is 2.14. The minimum absolute atomic E-state index is 0.0179. The lowest BCUT2D eigenvalue weighted by atomic mass is 10.0. The molecule has 1 heterocycles. The molecule has 0 aromatic heterocycles. The van der Waals surface area contributed by atoms with Gasteiger partial charge in [-0.1, -0.05) is 24.3 Å². The molecule has 150 valence electrons. The summed E-state index contributed by atoms with van der Waals surface area (Å²) in [6, 6.07) is 7.91. The standard InChI is InChI=1S/C18H26N2O6S/c1-14-5-3-4-6-15(14)7-8-17(21)19-9-10-26-16(11-19)12-20(13-18(22)23)27(2,24)25/h3-6,16H,7-13H2,1-2H3,(H,22,23). The van der Waals surface area contributed by atoms with Gasteiger partial charge in [-0.05, 0) is 24.5 Å². The average Bonchev–Trinajstić information content (AvgIpc) is 2.59. The number of benzene rings is 1. The maximum absolute atomic E-state index is 12.5. The molecule has 1 N–H and O–H groups in total. The van der Waals surface area contributed by atoms with E-state index >= 15 is 0 Å². The number of carbonyl (C=O) groups excluding carboxylic acids is 1. The predicted octanol–water partition coefficient (Wildman–Crippen LogP) is 0.501. The van der Waals surface area contributed by atoms with E-state index in [0.717, 1.165) is 21.7 Å². The highest BCUT2D eigenvalue weighted by atomic mass is 32.2. The topological polar surface area (TPSA) is 104 Å². The van der Waals surface area contributed by atoms with Crippen molar-refractivity contribution in [3.63, 3.8) is 0 Å². The van der Waals surface area contributed by atoms with Gasteiger partial charge in [0.15, 0.2) is 0 Å². The molecule has 1 atom stereocenters. The van der Waals surface area contributed by atoms with Crippen molar-refractivity contribution in [2.45, 2.75) is 25.9 Å². The second-order valence-electron chi connectivity index (χ2n) is 6.71. The predicted molar refractivity (Wildman–Crippen MR) is 99.9 cm³/mol. The lowest BCUT2D eigenvalue weighted by Crippen LogP contribution is -2.51. The van der Waals surface area contributed by atoms with E-state index in [1.165, 1.54) is 0 Å². The lowest BCUT2D eigenvalue weighted by molar-refractivity contribution is -0.141. The summed E-state index contributed by atoms with van der Waals surface area (Å²) in [4.78, 5) is 25.1. The fourth-order valence-electron chi connectivity index (χ4n) is 3.04. The van der Waals surface area contributed by atoms with Gasteiger partial charge in [-0.25, -0.2) is 8.42 Å². The zero-order valence-corrected chi connectivity index (χ0v) is 16.4. The van der Waals surface area contributed by atoms with Crippen molar-refractivity contribution < 1.29 is 27.9 Å². The third-order valence-electron chi connectivity index (χ3n) is 4.55. The summed E-state index contributed by atoms with van der Waals surface area (Å²) in [6.45, 7) is 2.28. The van der Waals surface area contributed by atoms with Gasteiger partial charge >= 0.3 is 5.97 Å². The van der Waals surface area contributed by atoms with Crippen molar-refractivity contribution >= 4 is 21.9 Å². The second kappa shape index (κ2) is 9.29. The summed E-state index contributed by atoms with van der Waals surface area (Å²) in [5.41, 5.74) is 2.27. The number of hydrogen-bond acceptors (Lipinski definition) is 5. The number of amides is 1. The summed E-state index contributed by atoms with van der Waals surface area (Å²) >= 11 is 0. The second-order valence-corrected chi connectivity index (χ2v) is 8.69. The molecule has 0 saturated carbocycles. The number of sulfonamides is 1. The number of carboxylic acid groups (broad SMARTS) is 1. The van der Waals surface area contributed by atoms with E-state index < -0.39 is 28.6 Å². The zero-order valence-electron chi connectivity index (χ0n) is 15.6. The fourth-order valence-corrected chi connectivity index (χ4v) is 3.82. The van der Waals surface area contributed by atoms with Gasteiger partial charge in [0, 0.05) is 26.1 Å². The first kappa shape index (κ1) is 21.3. The Morgan fingerprint density at radius 3 is 2.67 bits per heavy atom. The molecule has 0 radical (unpaired) electrons. The number of morpholine rings is 1. The van der Waals surface area contributed by atoms with E-state index in [2.05, 4.69) is 0 Å². The van der Waals surface area contributed by atoms with E-state index in [9.17, 15) is 18.0 Å². The molecule has 1 amide bonds. The Morgan fingerprint density at radius 2 is 2.04 bits per heavy atom. The maximum atomic E-state index is 12.5. The van der Waals surface area contributed by atoms with E-state index in [1.54, 1.807) is 4.90 Å². The molecule has 1 saturated heterocycles. The van der Waals surface area contributed by atoms with Crippen molar-refractivity contribution in [2.24, 2.45) is 0 Å². The first-order chi connectivity index (χ1) is 12.7. The van der Waals surface area contributed by atoms with Crippen molar-refractivity contribution in [1.82, 2.24) is 9.21 Å². The van der Waals surface area contributed by atoms with Crippen LogP contribution in [-0.2, 0) is 30.8 Å². The average molecular weight is 398 g/mol. The largest absolute Gasteiger partial charge is 0.480 e. The van der Waals surface area contributed by atoms with Crippen molar-refractivity contribution in [3.8, 4) is 0 Å². The van der Waals surface area contributed by atoms with Gasteiger partial charge in [0.25, 0.3) is 0 Å². The van der Waals surface area contributed by atoms with Crippen molar-refractivity contribution in [2.75, 3.05) is 39.0 Å². The molecule has 2 rings (SSSR count). The Kier molecular flexibility index (Phi) is 7.34. The molecule has 1 fully saturated rings. The van der Waals surface area contributed by atoms with Gasteiger partial charge in [0.1, 0.15) is 6.54 Å². The van der Waals surface area contributed by atoms with E-state index in [-0.39, 0.29) is 19.0 Å². The first-order valence-electron chi connectivity index (χ1n) is 8.77. The summed E-state index contributed by atoms with van der Waals surface area (Å²) in [7, 11) is -3.68. The SMILES string of the molecule is Cc1ccccc1CCC(=O)N1CCOC(CN(CC(=O)O)S(C)(=O)=O)C1. The number of aryl methyl sites for hydroxylation is 2. The quantitative estimate of drug-likeness (QED) is 0.684. The van der Waals surface area contributed by atoms with E-state index in [4.69, 9.17) is 9.84 Å². The van der Waals surface area contributed by atoms with Gasteiger partial charge in [-0.2, -0.15) is 4.31 Å². The normalized spacial score (nSPS) is 17.9. The van der Waals surface area contributed by atoms with Crippen LogP contribution >= 0.6 is 0 Å². The zero-order chi connectivity index (χ0) is 20.0. The summed E-state index contributed by atoms with van der Waals surface area (Å²) in [6.07, 6.45) is 1.42. The van der Waals surface area contributed by atoms with Crippen LogP contribution in [0.1, 0.15) is 17.5 Å². The number of carbonyl (C=O) groups is 2. The van der Waals surface area contributed by atoms with Crippen LogP contribution in [-0.4, -0.2) is 79.8 Å². The molecule has 1 unspecified atom stereocenters. The van der Waals surface area contributed by atoms with Crippen LogP contribution in [0.2, 0.25) is 0 Å². The number of ether oxygens (including phenoxy) is 1. The molecule has 9 heteroatoms. The number of rotatable bonds is 8. The molecule has 0 spiro atoms. The summed E-state index contributed by atoms with van der Waals surface area (Å²) < 4.78 is 30.0. The minimum atomic E-state index is -3.68. The van der Waals surface area contributed by atoms with Gasteiger partial charge in [0.05, 0.1) is 19.0 Å². The van der Waals surface area contributed by atoms with Gasteiger partial charge in [-0.15, -0.1) is 0 Å². The Hall–Kier alpha value is -1.97. The lowest BCUT2D eigenvalue weighted by Gasteiger charge is -2.35. The minimum Gasteiger partial charge on any atom is -0.480 e. The highest BCUT2D eigenvalue weighted by Gasteiger charge is 2.29. The maximum Gasteiger partial charge on any atom is 0.318 e. The molecule has 8 nitrogen and oxygen atoms in total. The van der Waals surface area contributed by atoms with E-state index in [1.807, 2.05) is 31.2 Å². The summed E-state index contributed by atoms with van der Waals surface area (Å²) in [5.74, 6) is -1.25. The molecular weight excluding hydrogens is 372 g/mol. The van der Waals surface area contributed by atoms with Crippen LogP contribution in [0.5, 0.6) is 0 Å².